The Kier molecular flexibility index (Phi) is 5.95. The van der Waals surface area contributed by atoms with Gasteiger partial charge in [0, 0.05) is 17.4 Å². The van der Waals surface area contributed by atoms with Gasteiger partial charge in [-0.1, -0.05) is 95.3 Å². The molecule has 1 atom stereocenters. The van der Waals surface area contributed by atoms with Crippen LogP contribution in [0, 0.1) is 5.41 Å². The first kappa shape index (κ1) is 18.4. The third-order valence-electron chi connectivity index (χ3n) is 4.19. The molecule has 0 aromatic heterocycles. The van der Waals surface area contributed by atoms with Crippen LogP contribution in [0.25, 0.3) is 0 Å². The first-order valence-electron chi connectivity index (χ1n) is 8.71. The summed E-state index contributed by atoms with van der Waals surface area (Å²) in [6.45, 7) is 10.2. The van der Waals surface area contributed by atoms with Gasteiger partial charge in [0.15, 0.2) is 5.78 Å². The number of hydrogen-bond acceptors (Lipinski definition) is 2. The first-order chi connectivity index (χ1) is 11.3. The van der Waals surface area contributed by atoms with Crippen molar-refractivity contribution in [2.75, 3.05) is 0 Å². The van der Waals surface area contributed by atoms with Crippen LogP contribution in [0.2, 0.25) is 0 Å². The molecule has 0 bridgehead atoms. The van der Waals surface area contributed by atoms with Gasteiger partial charge in [0.05, 0.1) is 6.04 Å². The molecule has 0 heterocycles. The van der Waals surface area contributed by atoms with E-state index < -0.39 is 5.41 Å². The van der Waals surface area contributed by atoms with Crippen molar-refractivity contribution >= 4 is 5.78 Å². The lowest BCUT2D eigenvalue weighted by atomic mass is 9.76. The Hall–Kier alpha value is -1.93. The molecule has 0 saturated carbocycles. The van der Waals surface area contributed by atoms with Crippen LogP contribution >= 0.6 is 0 Å². The molecular weight excluding hydrogens is 294 g/mol. The molecule has 0 fully saturated rings. The van der Waals surface area contributed by atoms with Gasteiger partial charge in [-0.15, -0.1) is 0 Å². The number of hydrogen-bond donors (Lipinski definition) is 1. The number of benzene rings is 2. The van der Waals surface area contributed by atoms with E-state index in [0.717, 1.165) is 0 Å². The highest BCUT2D eigenvalue weighted by molar-refractivity contribution is 5.90. The lowest BCUT2D eigenvalue weighted by molar-refractivity contribution is -0.129. The number of Topliss-reactive ketones (excluding diaryl/α,β-unsaturated/α-hetero) is 1. The van der Waals surface area contributed by atoms with Gasteiger partial charge in [-0.2, -0.15) is 0 Å². The third-order valence-corrected chi connectivity index (χ3v) is 4.19. The molecule has 0 radical (unpaired) electrons. The fourth-order valence-electron chi connectivity index (χ4n) is 3.05. The van der Waals surface area contributed by atoms with Gasteiger partial charge >= 0.3 is 0 Å². The molecule has 2 rings (SSSR count). The minimum atomic E-state index is -0.394. The average molecular weight is 323 g/mol. The molecule has 1 N–H and O–H groups in total. The fraction of sp³-hybridized carbons (Fsp3) is 0.409. The lowest BCUT2D eigenvalue weighted by Crippen LogP contribution is -2.49. The SMILES string of the molecule is CC(C)NC(C(=O)C(C)(C)C)C(c1ccccc1)c1ccccc1. The average Bonchev–Trinajstić information content (AvgIpc) is 2.54. The summed E-state index contributed by atoms with van der Waals surface area (Å²) in [4.78, 5) is 13.2. The van der Waals surface area contributed by atoms with E-state index in [0.29, 0.717) is 0 Å². The van der Waals surface area contributed by atoms with E-state index in [-0.39, 0.29) is 23.8 Å². The largest absolute Gasteiger partial charge is 0.304 e. The zero-order chi connectivity index (χ0) is 17.7. The van der Waals surface area contributed by atoms with Crippen molar-refractivity contribution in [1.82, 2.24) is 5.32 Å². The predicted molar refractivity (Wildman–Crippen MR) is 101 cm³/mol. The van der Waals surface area contributed by atoms with Gasteiger partial charge in [0.25, 0.3) is 0 Å². The summed E-state index contributed by atoms with van der Waals surface area (Å²) >= 11 is 0. The Labute approximate surface area is 146 Å². The highest BCUT2D eigenvalue weighted by Gasteiger charge is 2.36. The molecule has 2 aromatic rings. The van der Waals surface area contributed by atoms with Crippen LogP contribution in [0.1, 0.15) is 51.7 Å². The van der Waals surface area contributed by atoms with Crippen molar-refractivity contribution in [1.29, 1.82) is 0 Å². The Balaban J connectivity index is 2.55. The summed E-state index contributed by atoms with van der Waals surface area (Å²) in [5.41, 5.74) is 1.94. The smallest absolute Gasteiger partial charge is 0.156 e. The molecule has 24 heavy (non-hydrogen) atoms. The van der Waals surface area contributed by atoms with Gasteiger partial charge in [-0.05, 0) is 11.1 Å². The van der Waals surface area contributed by atoms with E-state index in [1.807, 2.05) is 57.2 Å². The molecule has 0 aliphatic rings. The summed E-state index contributed by atoms with van der Waals surface area (Å²) in [7, 11) is 0. The second-order valence-corrected chi connectivity index (χ2v) is 7.71. The Morgan fingerprint density at radius 2 is 1.25 bits per heavy atom. The van der Waals surface area contributed by atoms with Gasteiger partial charge in [0.2, 0.25) is 0 Å². The maximum atomic E-state index is 13.2. The predicted octanol–water partition coefficient (Wildman–Crippen LogP) is 4.80. The monoisotopic (exact) mass is 323 g/mol. The molecule has 2 aromatic carbocycles. The van der Waals surface area contributed by atoms with Gasteiger partial charge in [-0.3, -0.25) is 4.79 Å². The third kappa shape index (κ3) is 4.55. The Morgan fingerprint density at radius 3 is 1.58 bits per heavy atom. The number of carbonyl (C=O) groups excluding carboxylic acids is 1. The maximum Gasteiger partial charge on any atom is 0.156 e. The van der Waals surface area contributed by atoms with E-state index in [2.05, 4.69) is 43.4 Å². The van der Waals surface area contributed by atoms with E-state index >= 15 is 0 Å². The van der Waals surface area contributed by atoms with E-state index in [9.17, 15) is 4.79 Å². The van der Waals surface area contributed by atoms with Crippen molar-refractivity contribution < 1.29 is 4.79 Å². The molecule has 0 aliphatic carbocycles. The van der Waals surface area contributed by atoms with Crippen LogP contribution in [0.15, 0.2) is 60.7 Å². The summed E-state index contributed by atoms with van der Waals surface area (Å²) in [5, 5.41) is 3.53. The van der Waals surface area contributed by atoms with Crippen LogP contribution in [0.3, 0.4) is 0 Å². The molecule has 0 amide bonds. The van der Waals surface area contributed by atoms with Crippen molar-refractivity contribution in [3.05, 3.63) is 71.8 Å². The highest BCUT2D eigenvalue weighted by atomic mass is 16.1. The molecule has 2 heteroatoms. The van der Waals surface area contributed by atoms with Crippen molar-refractivity contribution in [3.63, 3.8) is 0 Å². The van der Waals surface area contributed by atoms with Gasteiger partial charge in [-0.25, -0.2) is 0 Å². The number of rotatable bonds is 6. The van der Waals surface area contributed by atoms with E-state index in [1.165, 1.54) is 11.1 Å². The van der Waals surface area contributed by atoms with Crippen LogP contribution in [-0.4, -0.2) is 17.9 Å². The number of ketones is 1. The first-order valence-corrected chi connectivity index (χ1v) is 8.71. The summed E-state index contributed by atoms with van der Waals surface area (Å²) < 4.78 is 0. The zero-order valence-electron chi connectivity index (χ0n) is 15.4. The highest BCUT2D eigenvalue weighted by Crippen LogP contribution is 2.32. The van der Waals surface area contributed by atoms with Crippen LogP contribution in [0.5, 0.6) is 0 Å². The van der Waals surface area contributed by atoms with Crippen molar-refractivity contribution in [2.45, 2.75) is 52.6 Å². The molecule has 128 valence electrons. The standard InChI is InChI=1S/C22H29NO/c1-16(2)23-20(21(24)22(3,4)5)19(17-12-8-6-9-13-17)18-14-10-7-11-15-18/h6-16,19-20,23H,1-5H3. The second-order valence-electron chi connectivity index (χ2n) is 7.71. The van der Waals surface area contributed by atoms with Crippen molar-refractivity contribution in [3.8, 4) is 0 Å². The normalized spacial score (nSPS) is 13.3. The zero-order valence-corrected chi connectivity index (χ0v) is 15.4. The van der Waals surface area contributed by atoms with Gasteiger partial charge < -0.3 is 5.32 Å². The Bertz CT molecular complexity index is 601. The minimum Gasteiger partial charge on any atom is -0.304 e. The van der Waals surface area contributed by atoms with Crippen LogP contribution in [-0.2, 0) is 4.79 Å². The fourth-order valence-corrected chi connectivity index (χ4v) is 3.05. The Morgan fingerprint density at radius 1 is 0.833 bits per heavy atom. The molecular formula is C22H29NO. The molecule has 0 saturated heterocycles. The summed E-state index contributed by atoms with van der Waals surface area (Å²) in [6, 6.07) is 20.6. The van der Waals surface area contributed by atoms with Crippen molar-refractivity contribution in [2.24, 2.45) is 5.41 Å². The maximum absolute atomic E-state index is 13.2. The lowest BCUT2D eigenvalue weighted by Gasteiger charge is -2.34. The number of nitrogens with one attached hydrogen (secondary N) is 1. The summed E-state index contributed by atoms with van der Waals surface area (Å²) in [6.07, 6.45) is 0. The molecule has 1 unspecified atom stereocenters. The van der Waals surface area contributed by atoms with Crippen LogP contribution in [0.4, 0.5) is 0 Å². The summed E-state index contributed by atoms with van der Waals surface area (Å²) in [5.74, 6) is 0.246. The van der Waals surface area contributed by atoms with E-state index in [4.69, 9.17) is 0 Å². The van der Waals surface area contributed by atoms with E-state index in [1.54, 1.807) is 0 Å². The topological polar surface area (TPSA) is 29.1 Å². The number of carbonyl (C=O) groups is 1. The molecule has 0 spiro atoms. The minimum absolute atomic E-state index is 0.00141. The van der Waals surface area contributed by atoms with Crippen LogP contribution < -0.4 is 5.32 Å². The second kappa shape index (κ2) is 7.76. The molecule has 2 nitrogen and oxygen atoms in total. The van der Waals surface area contributed by atoms with Gasteiger partial charge in [0.1, 0.15) is 0 Å². The molecule has 0 aliphatic heterocycles. The quantitative estimate of drug-likeness (QED) is 0.827.